The third-order valence-corrected chi connectivity index (χ3v) is 4.23. The van der Waals surface area contributed by atoms with Crippen LogP contribution >= 0.6 is 22.9 Å². The lowest BCUT2D eigenvalue weighted by Crippen LogP contribution is -2.14. The molecule has 0 unspecified atom stereocenters. The van der Waals surface area contributed by atoms with Crippen LogP contribution in [0, 0.1) is 6.92 Å². The molecule has 0 radical (unpaired) electrons. The van der Waals surface area contributed by atoms with Gasteiger partial charge in [0.25, 0.3) is 5.91 Å². The van der Waals surface area contributed by atoms with Crippen LogP contribution in [0.5, 0.6) is 0 Å². The van der Waals surface area contributed by atoms with Crippen molar-refractivity contribution < 1.29 is 4.79 Å². The van der Waals surface area contributed by atoms with E-state index in [0.717, 1.165) is 15.4 Å². The van der Waals surface area contributed by atoms with Crippen molar-refractivity contribution in [3.05, 3.63) is 64.4 Å². The molecule has 0 aliphatic carbocycles. The molecule has 0 spiro atoms. The van der Waals surface area contributed by atoms with Crippen LogP contribution in [0.25, 0.3) is 10.4 Å². The van der Waals surface area contributed by atoms with Crippen molar-refractivity contribution in [1.29, 1.82) is 0 Å². The van der Waals surface area contributed by atoms with Crippen molar-refractivity contribution in [2.45, 2.75) is 6.92 Å². The van der Waals surface area contributed by atoms with Crippen LogP contribution in [0.1, 0.15) is 15.5 Å². The molecule has 3 aromatic rings. The molecule has 0 saturated carbocycles. The zero-order valence-electron chi connectivity index (χ0n) is 11.7. The van der Waals surface area contributed by atoms with Gasteiger partial charge in [0.1, 0.15) is 11.5 Å². The molecule has 1 aromatic carbocycles. The molecule has 2 heterocycles. The van der Waals surface area contributed by atoms with Gasteiger partial charge < -0.3 is 5.32 Å². The number of benzene rings is 1. The van der Waals surface area contributed by atoms with Gasteiger partial charge in [0.15, 0.2) is 0 Å². The normalized spacial score (nSPS) is 10.5. The van der Waals surface area contributed by atoms with Crippen molar-refractivity contribution in [2.75, 3.05) is 5.32 Å². The van der Waals surface area contributed by atoms with E-state index in [2.05, 4.69) is 15.3 Å². The van der Waals surface area contributed by atoms with E-state index in [1.807, 2.05) is 25.1 Å². The van der Waals surface area contributed by atoms with Gasteiger partial charge in [0, 0.05) is 11.2 Å². The Balaban J connectivity index is 1.94. The van der Waals surface area contributed by atoms with Crippen molar-refractivity contribution >= 4 is 34.7 Å². The first-order chi connectivity index (χ1) is 10.6. The molecular weight excluding hydrogens is 318 g/mol. The fourth-order valence-electron chi connectivity index (χ4n) is 1.99. The van der Waals surface area contributed by atoms with Gasteiger partial charge in [-0.1, -0.05) is 29.8 Å². The highest BCUT2D eigenvalue weighted by Crippen LogP contribution is 2.31. The van der Waals surface area contributed by atoms with Gasteiger partial charge in [-0.05, 0) is 36.8 Å². The molecule has 0 aliphatic rings. The van der Waals surface area contributed by atoms with E-state index in [4.69, 9.17) is 11.6 Å². The molecule has 22 heavy (non-hydrogen) atoms. The van der Waals surface area contributed by atoms with E-state index in [-0.39, 0.29) is 5.91 Å². The lowest BCUT2D eigenvalue weighted by Gasteiger charge is -2.04. The Kier molecular flexibility index (Phi) is 4.18. The van der Waals surface area contributed by atoms with Gasteiger partial charge >= 0.3 is 0 Å². The molecule has 0 aliphatic heterocycles. The Morgan fingerprint density at radius 1 is 1.18 bits per heavy atom. The first-order valence-corrected chi connectivity index (χ1v) is 7.78. The average molecular weight is 330 g/mol. The van der Waals surface area contributed by atoms with Crippen LogP contribution in [0.2, 0.25) is 5.02 Å². The van der Waals surface area contributed by atoms with Crippen LogP contribution in [0.4, 0.5) is 5.82 Å². The van der Waals surface area contributed by atoms with E-state index in [0.29, 0.717) is 16.5 Å². The maximum absolute atomic E-state index is 12.5. The largest absolute Gasteiger partial charge is 0.305 e. The number of hydrogen-bond acceptors (Lipinski definition) is 4. The number of pyridine rings is 1. The second kappa shape index (κ2) is 6.25. The molecule has 1 amide bonds. The van der Waals surface area contributed by atoms with Crippen LogP contribution in [0.3, 0.4) is 0 Å². The quantitative estimate of drug-likeness (QED) is 0.774. The average Bonchev–Trinajstić information content (AvgIpc) is 2.91. The third-order valence-electron chi connectivity index (χ3n) is 2.96. The van der Waals surface area contributed by atoms with Crippen LogP contribution in [-0.2, 0) is 0 Å². The minimum Gasteiger partial charge on any atom is -0.305 e. The first-order valence-electron chi connectivity index (χ1n) is 6.59. The van der Waals surface area contributed by atoms with Gasteiger partial charge in [-0.3, -0.25) is 4.79 Å². The Labute approximate surface area is 136 Å². The summed E-state index contributed by atoms with van der Waals surface area (Å²) in [6.45, 7) is 1.88. The molecule has 0 atom stereocenters. The zero-order chi connectivity index (χ0) is 15.5. The van der Waals surface area contributed by atoms with E-state index in [9.17, 15) is 4.79 Å². The van der Waals surface area contributed by atoms with E-state index < -0.39 is 0 Å². The molecule has 0 fully saturated rings. The second-order valence-electron chi connectivity index (χ2n) is 4.59. The van der Waals surface area contributed by atoms with Crippen molar-refractivity contribution in [3.63, 3.8) is 0 Å². The molecule has 2 aromatic heterocycles. The van der Waals surface area contributed by atoms with Crippen molar-refractivity contribution in [3.8, 4) is 10.4 Å². The highest BCUT2D eigenvalue weighted by molar-refractivity contribution is 7.15. The number of thiazole rings is 1. The topological polar surface area (TPSA) is 54.9 Å². The fourth-order valence-corrected chi connectivity index (χ4v) is 3.04. The summed E-state index contributed by atoms with van der Waals surface area (Å²) in [7, 11) is 0. The van der Waals surface area contributed by atoms with Gasteiger partial charge in [-0.25, -0.2) is 9.97 Å². The lowest BCUT2D eigenvalue weighted by atomic mass is 10.1. The fraction of sp³-hybridized carbons (Fsp3) is 0.0625. The maximum atomic E-state index is 12.5. The summed E-state index contributed by atoms with van der Waals surface area (Å²) >= 11 is 7.39. The SMILES string of the molecule is Cc1nc(C(=O)Nc2ccccn2)c(-c2ccc(Cl)cc2)s1. The molecule has 0 bridgehead atoms. The highest BCUT2D eigenvalue weighted by atomic mass is 35.5. The summed E-state index contributed by atoms with van der Waals surface area (Å²) in [5.74, 6) is 0.230. The monoisotopic (exact) mass is 329 g/mol. The molecular formula is C16H12ClN3OS. The Hall–Kier alpha value is -2.24. The molecule has 4 nitrogen and oxygen atoms in total. The van der Waals surface area contributed by atoms with Gasteiger partial charge in [-0.2, -0.15) is 0 Å². The summed E-state index contributed by atoms with van der Waals surface area (Å²) in [6, 6.07) is 12.7. The number of nitrogens with one attached hydrogen (secondary N) is 1. The van der Waals surface area contributed by atoms with Gasteiger partial charge in [-0.15, -0.1) is 11.3 Å². The number of anilines is 1. The summed E-state index contributed by atoms with van der Waals surface area (Å²) < 4.78 is 0. The van der Waals surface area contributed by atoms with E-state index >= 15 is 0 Å². The Morgan fingerprint density at radius 3 is 2.64 bits per heavy atom. The zero-order valence-corrected chi connectivity index (χ0v) is 13.3. The Bertz CT molecular complexity index is 800. The number of halogens is 1. The lowest BCUT2D eigenvalue weighted by molar-refractivity contribution is 0.102. The summed E-state index contributed by atoms with van der Waals surface area (Å²) in [5.41, 5.74) is 1.32. The smallest absolute Gasteiger partial charge is 0.276 e. The van der Waals surface area contributed by atoms with Crippen LogP contribution in [-0.4, -0.2) is 15.9 Å². The highest BCUT2D eigenvalue weighted by Gasteiger charge is 2.18. The Morgan fingerprint density at radius 2 is 1.95 bits per heavy atom. The molecule has 110 valence electrons. The standard InChI is InChI=1S/C16H12ClN3OS/c1-10-19-14(16(21)20-13-4-2-3-9-18-13)15(22-10)11-5-7-12(17)8-6-11/h2-9H,1H3,(H,18,20,21). The number of aromatic nitrogens is 2. The minimum absolute atomic E-state index is 0.270. The number of carbonyl (C=O) groups excluding carboxylic acids is 1. The van der Waals surface area contributed by atoms with E-state index in [1.54, 1.807) is 30.5 Å². The number of amides is 1. The molecule has 3 rings (SSSR count). The number of rotatable bonds is 3. The van der Waals surface area contributed by atoms with Crippen LogP contribution in [0.15, 0.2) is 48.7 Å². The summed E-state index contributed by atoms with van der Waals surface area (Å²) in [4.78, 5) is 21.7. The number of hydrogen-bond donors (Lipinski definition) is 1. The number of aryl methyl sites for hydroxylation is 1. The first kappa shape index (κ1) is 14.7. The molecule has 0 saturated heterocycles. The van der Waals surface area contributed by atoms with Gasteiger partial charge in [0.05, 0.1) is 9.88 Å². The minimum atomic E-state index is -0.270. The predicted molar refractivity (Wildman–Crippen MR) is 89.5 cm³/mol. The summed E-state index contributed by atoms with van der Waals surface area (Å²) in [6.07, 6.45) is 1.63. The van der Waals surface area contributed by atoms with E-state index in [1.165, 1.54) is 11.3 Å². The maximum Gasteiger partial charge on any atom is 0.276 e. The van der Waals surface area contributed by atoms with Gasteiger partial charge in [0.2, 0.25) is 0 Å². The van der Waals surface area contributed by atoms with Crippen LogP contribution < -0.4 is 5.32 Å². The second-order valence-corrected chi connectivity index (χ2v) is 6.23. The predicted octanol–water partition coefficient (Wildman–Crippen LogP) is 4.42. The van der Waals surface area contributed by atoms with Crippen molar-refractivity contribution in [1.82, 2.24) is 9.97 Å². The summed E-state index contributed by atoms with van der Waals surface area (Å²) in [5, 5.41) is 4.25. The number of nitrogens with zero attached hydrogens (tertiary/aromatic N) is 2. The third kappa shape index (κ3) is 3.16. The number of carbonyl (C=O) groups is 1. The molecule has 6 heteroatoms. The molecule has 1 N–H and O–H groups in total. The van der Waals surface area contributed by atoms with Crippen molar-refractivity contribution in [2.24, 2.45) is 0 Å².